The number of ether oxygens (including phenoxy) is 2. The molecule has 0 radical (unpaired) electrons. The van der Waals surface area contributed by atoms with Gasteiger partial charge in [0.1, 0.15) is 12.4 Å². The van der Waals surface area contributed by atoms with E-state index >= 15 is 0 Å². The molecule has 8 heteroatoms. The molecule has 0 unspecified atom stereocenters. The Labute approximate surface area is 193 Å². The van der Waals surface area contributed by atoms with E-state index < -0.39 is 0 Å². The Kier molecular flexibility index (Phi) is 7.63. The van der Waals surface area contributed by atoms with Crippen LogP contribution in [-0.4, -0.2) is 73.7 Å². The van der Waals surface area contributed by atoms with E-state index in [1.165, 1.54) is 0 Å². The van der Waals surface area contributed by atoms with E-state index in [1.807, 2.05) is 34.1 Å². The van der Waals surface area contributed by atoms with Crippen LogP contribution in [0.3, 0.4) is 0 Å². The smallest absolute Gasteiger partial charge is 0.253 e. The first-order chi connectivity index (χ1) is 15.6. The molecule has 1 N–H and O–H groups in total. The fraction of sp³-hybridized carbons (Fsp3) is 0.417. The van der Waals surface area contributed by atoms with Crippen LogP contribution < -0.4 is 10.1 Å². The summed E-state index contributed by atoms with van der Waals surface area (Å²) in [6, 6.07) is 14.4. The minimum atomic E-state index is -0.114. The molecule has 2 aliphatic rings. The number of benzene rings is 2. The molecule has 32 heavy (non-hydrogen) atoms. The highest BCUT2D eigenvalue weighted by atomic mass is 35.5. The van der Waals surface area contributed by atoms with Crippen molar-refractivity contribution in [3.63, 3.8) is 0 Å². The number of amides is 2. The van der Waals surface area contributed by atoms with Gasteiger partial charge < -0.3 is 19.7 Å². The maximum Gasteiger partial charge on any atom is 0.253 e. The van der Waals surface area contributed by atoms with Gasteiger partial charge in [0.2, 0.25) is 5.91 Å². The molecule has 7 nitrogen and oxygen atoms in total. The standard InChI is InChI=1S/C24H28ClN3O4/c25-21-5-1-2-6-22(21)26-23(29)16-27-11-13-28(14-12-27)24(30)18-7-9-19(10-8-18)32-17-20-4-3-15-31-20/h1-2,5-10,20H,3-4,11-17H2,(H,26,29)/t20-/m1/s1. The highest BCUT2D eigenvalue weighted by molar-refractivity contribution is 6.33. The molecule has 2 amide bonds. The number of carbonyl (C=O) groups excluding carboxylic acids is 2. The minimum absolute atomic E-state index is 0.00385. The van der Waals surface area contributed by atoms with Crippen LogP contribution in [-0.2, 0) is 9.53 Å². The molecule has 2 saturated heterocycles. The van der Waals surface area contributed by atoms with E-state index in [4.69, 9.17) is 21.1 Å². The number of nitrogens with zero attached hydrogens (tertiary/aromatic N) is 2. The van der Waals surface area contributed by atoms with E-state index in [0.717, 1.165) is 25.2 Å². The van der Waals surface area contributed by atoms with Crippen LogP contribution in [0.2, 0.25) is 5.02 Å². The van der Waals surface area contributed by atoms with Gasteiger partial charge in [0.05, 0.1) is 23.4 Å². The predicted molar refractivity (Wildman–Crippen MR) is 123 cm³/mol. The summed E-state index contributed by atoms with van der Waals surface area (Å²) in [6.07, 6.45) is 2.28. The number of hydrogen-bond donors (Lipinski definition) is 1. The lowest BCUT2D eigenvalue weighted by molar-refractivity contribution is -0.117. The van der Waals surface area contributed by atoms with Gasteiger partial charge in [-0.3, -0.25) is 14.5 Å². The molecular formula is C24H28ClN3O4. The first-order valence-electron chi connectivity index (χ1n) is 11.0. The van der Waals surface area contributed by atoms with Crippen molar-refractivity contribution < 1.29 is 19.1 Å². The Hall–Kier alpha value is -2.61. The number of para-hydroxylation sites is 1. The third-order valence-corrected chi connectivity index (χ3v) is 6.07. The first kappa shape index (κ1) is 22.6. The van der Waals surface area contributed by atoms with Crippen LogP contribution in [0.1, 0.15) is 23.2 Å². The highest BCUT2D eigenvalue weighted by Gasteiger charge is 2.23. The second-order valence-electron chi connectivity index (χ2n) is 8.07. The van der Waals surface area contributed by atoms with Gasteiger partial charge in [0.15, 0.2) is 0 Å². The average Bonchev–Trinajstić information content (AvgIpc) is 3.33. The fourth-order valence-electron chi connectivity index (χ4n) is 3.91. The van der Waals surface area contributed by atoms with Gasteiger partial charge in [-0.2, -0.15) is 0 Å². The third-order valence-electron chi connectivity index (χ3n) is 5.74. The van der Waals surface area contributed by atoms with E-state index in [2.05, 4.69) is 5.32 Å². The lowest BCUT2D eigenvalue weighted by atomic mass is 10.1. The van der Waals surface area contributed by atoms with Gasteiger partial charge in [-0.15, -0.1) is 0 Å². The molecule has 170 valence electrons. The lowest BCUT2D eigenvalue weighted by Crippen LogP contribution is -2.50. The van der Waals surface area contributed by atoms with Gasteiger partial charge >= 0.3 is 0 Å². The van der Waals surface area contributed by atoms with Gasteiger partial charge in [0.25, 0.3) is 5.91 Å². The van der Waals surface area contributed by atoms with Gasteiger partial charge in [0, 0.05) is 38.3 Å². The highest BCUT2D eigenvalue weighted by Crippen LogP contribution is 2.21. The summed E-state index contributed by atoms with van der Waals surface area (Å²) >= 11 is 6.09. The van der Waals surface area contributed by atoms with Gasteiger partial charge in [-0.05, 0) is 49.2 Å². The Balaban J connectivity index is 1.21. The van der Waals surface area contributed by atoms with Crippen molar-refractivity contribution in [3.05, 3.63) is 59.1 Å². The van der Waals surface area contributed by atoms with Crippen LogP contribution in [0, 0.1) is 0 Å². The molecule has 0 bridgehead atoms. The number of carbonyl (C=O) groups is 2. The number of piperazine rings is 1. The number of halogens is 1. The van der Waals surface area contributed by atoms with Gasteiger partial charge in [-0.1, -0.05) is 23.7 Å². The van der Waals surface area contributed by atoms with Crippen molar-refractivity contribution in [2.24, 2.45) is 0 Å². The van der Waals surface area contributed by atoms with Gasteiger partial charge in [-0.25, -0.2) is 0 Å². The van der Waals surface area contributed by atoms with Crippen molar-refractivity contribution in [1.29, 1.82) is 0 Å². The normalized spacial score (nSPS) is 19.0. The molecule has 2 aliphatic heterocycles. The fourth-order valence-corrected chi connectivity index (χ4v) is 4.09. The SMILES string of the molecule is O=C(CN1CCN(C(=O)c2ccc(OC[C@H]3CCCO3)cc2)CC1)Nc1ccccc1Cl. The lowest BCUT2D eigenvalue weighted by Gasteiger charge is -2.34. The van der Waals surface area contributed by atoms with Crippen molar-refractivity contribution in [2.75, 3.05) is 51.3 Å². The number of rotatable bonds is 7. The number of nitrogens with one attached hydrogen (secondary N) is 1. The molecule has 0 spiro atoms. The summed E-state index contributed by atoms with van der Waals surface area (Å²) in [5.41, 5.74) is 1.25. The monoisotopic (exact) mass is 457 g/mol. The van der Waals surface area contributed by atoms with E-state index in [1.54, 1.807) is 24.3 Å². The Bertz CT molecular complexity index is 923. The summed E-state index contributed by atoms with van der Waals surface area (Å²) in [5.74, 6) is 0.624. The number of anilines is 1. The molecule has 1 atom stereocenters. The summed E-state index contributed by atoms with van der Waals surface area (Å²) in [6.45, 7) is 4.06. The maximum absolute atomic E-state index is 12.8. The van der Waals surface area contributed by atoms with Crippen LogP contribution in [0.4, 0.5) is 5.69 Å². The van der Waals surface area contributed by atoms with E-state index in [0.29, 0.717) is 49.1 Å². The summed E-state index contributed by atoms with van der Waals surface area (Å²) in [5, 5.41) is 3.35. The molecule has 0 aliphatic carbocycles. The Morgan fingerprint density at radius 3 is 2.50 bits per heavy atom. The first-order valence-corrected chi connectivity index (χ1v) is 11.4. The number of hydrogen-bond acceptors (Lipinski definition) is 5. The summed E-state index contributed by atoms with van der Waals surface area (Å²) in [4.78, 5) is 29.0. The molecule has 2 heterocycles. The molecule has 4 rings (SSSR count). The predicted octanol–water partition coefficient (Wildman–Crippen LogP) is 3.29. The topological polar surface area (TPSA) is 71.1 Å². The largest absolute Gasteiger partial charge is 0.491 e. The van der Waals surface area contributed by atoms with Crippen molar-refractivity contribution in [3.8, 4) is 5.75 Å². The molecule has 2 aromatic carbocycles. The van der Waals surface area contributed by atoms with Crippen LogP contribution >= 0.6 is 11.6 Å². The van der Waals surface area contributed by atoms with E-state index in [-0.39, 0.29) is 24.5 Å². The zero-order chi connectivity index (χ0) is 22.3. The minimum Gasteiger partial charge on any atom is -0.491 e. The molecule has 2 aromatic rings. The van der Waals surface area contributed by atoms with Crippen LogP contribution in [0.15, 0.2) is 48.5 Å². The molecular weight excluding hydrogens is 430 g/mol. The van der Waals surface area contributed by atoms with Crippen molar-refractivity contribution >= 4 is 29.1 Å². The zero-order valence-corrected chi connectivity index (χ0v) is 18.7. The van der Waals surface area contributed by atoms with Crippen molar-refractivity contribution in [2.45, 2.75) is 18.9 Å². The zero-order valence-electron chi connectivity index (χ0n) is 18.0. The molecule has 2 fully saturated rings. The van der Waals surface area contributed by atoms with Crippen LogP contribution in [0.25, 0.3) is 0 Å². The molecule has 0 aromatic heterocycles. The average molecular weight is 458 g/mol. The second-order valence-corrected chi connectivity index (χ2v) is 8.47. The van der Waals surface area contributed by atoms with E-state index in [9.17, 15) is 9.59 Å². The second kappa shape index (κ2) is 10.8. The summed E-state index contributed by atoms with van der Waals surface area (Å²) in [7, 11) is 0. The third kappa shape index (κ3) is 6.00. The quantitative estimate of drug-likeness (QED) is 0.690. The van der Waals surface area contributed by atoms with Crippen LogP contribution in [0.5, 0.6) is 5.75 Å². The Morgan fingerprint density at radius 2 is 1.81 bits per heavy atom. The Morgan fingerprint density at radius 1 is 1.06 bits per heavy atom. The molecule has 0 saturated carbocycles. The van der Waals surface area contributed by atoms with Crippen molar-refractivity contribution in [1.82, 2.24) is 9.80 Å². The maximum atomic E-state index is 12.8. The summed E-state index contributed by atoms with van der Waals surface area (Å²) < 4.78 is 11.3.